The van der Waals surface area contributed by atoms with E-state index in [0.717, 1.165) is 29.8 Å². The Labute approximate surface area is 132 Å². The van der Waals surface area contributed by atoms with E-state index in [9.17, 15) is 0 Å². The molecule has 21 heavy (non-hydrogen) atoms. The van der Waals surface area contributed by atoms with Crippen molar-refractivity contribution < 1.29 is 0 Å². The first-order valence-electron chi connectivity index (χ1n) is 6.72. The molecule has 106 valence electrons. The fourth-order valence-electron chi connectivity index (χ4n) is 2.42. The lowest BCUT2D eigenvalue weighted by atomic mass is 10.2. The van der Waals surface area contributed by atoms with Crippen LogP contribution in [0, 0.1) is 18.3 Å². The van der Waals surface area contributed by atoms with Crippen LogP contribution in [0.15, 0.2) is 30.3 Å². The van der Waals surface area contributed by atoms with Gasteiger partial charge in [0.15, 0.2) is 0 Å². The number of halogens is 1. The van der Waals surface area contributed by atoms with Gasteiger partial charge in [-0.15, -0.1) is 22.9 Å². The van der Waals surface area contributed by atoms with Gasteiger partial charge in [-0.05, 0) is 37.3 Å². The van der Waals surface area contributed by atoms with E-state index in [2.05, 4.69) is 34.7 Å². The second-order valence-corrected chi connectivity index (χ2v) is 6.63. The van der Waals surface area contributed by atoms with Crippen LogP contribution in [0.1, 0.15) is 21.1 Å². The minimum Gasteiger partial charge on any atom is -0.323 e. The van der Waals surface area contributed by atoms with Crippen molar-refractivity contribution in [1.82, 2.24) is 9.55 Å². The van der Waals surface area contributed by atoms with Crippen LogP contribution in [0.4, 0.5) is 0 Å². The van der Waals surface area contributed by atoms with Crippen LogP contribution in [-0.2, 0) is 13.0 Å². The van der Waals surface area contributed by atoms with Gasteiger partial charge in [0, 0.05) is 22.1 Å². The summed E-state index contributed by atoms with van der Waals surface area (Å²) in [7, 11) is 0. The summed E-state index contributed by atoms with van der Waals surface area (Å²) in [6.07, 6.45) is 0.725. The molecule has 2 aromatic heterocycles. The average Bonchev–Trinajstić information content (AvgIpc) is 3.04. The summed E-state index contributed by atoms with van der Waals surface area (Å²) in [6.45, 7) is 2.88. The predicted octanol–water partition coefficient (Wildman–Crippen LogP) is 4.11. The van der Waals surface area contributed by atoms with Gasteiger partial charge in [0.25, 0.3) is 0 Å². The SMILES string of the molecule is Cc1ccc(Cn2c(CCCl)nc3ccc(C#N)cc32)s1. The lowest BCUT2D eigenvalue weighted by Crippen LogP contribution is -2.05. The molecule has 3 nitrogen and oxygen atoms in total. The van der Waals surface area contributed by atoms with Crippen molar-refractivity contribution in [3.05, 3.63) is 51.5 Å². The number of thiophene rings is 1. The Kier molecular flexibility index (Phi) is 3.96. The fraction of sp³-hybridized carbons (Fsp3) is 0.250. The maximum absolute atomic E-state index is 9.09. The molecule has 0 saturated heterocycles. The third kappa shape index (κ3) is 2.80. The van der Waals surface area contributed by atoms with Gasteiger partial charge in [-0.25, -0.2) is 4.98 Å². The molecule has 5 heteroatoms. The Morgan fingerprint density at radius 1 is 1.33 bits per heavy atom. The highest BCUT2D eigenvalue weighted by molar-refractivity contribution is 7.11. The highest BCUT2D eigenvalue weighted by Crippen LogP contribution is 2.23. The van der Waals surface area contributed by atoms with E-state index in [0.29, 0.717) is 11.4 Å². The second-order valence-electron chi connectivity index (χ2n) is 4.88. The Hall–Kier alpha value is -1.83. The molecule has 0 aliphatic heterocycles. The first kappa shape index (κ1) is 14.1. The molecule has 0 N–H and O–H groups in total. The van der Waals surface area contributed by atoms with Crippen LogP contribution in [-0.4, -0.2) is 15.4 Å². The molecular weight excluding hydrogens is 302 g/mol. The van der Waals surface area contributed by atoms with Crippen molar-refractivity contribution in [1.29, 1.82) is 5.26 Å². The smallest absolute Gasteiger partial charge is 0.111 e. The molecule has 0 radical (unpaired) electrons. The van der Waals surface area contributed by atoms with Crippen molar-refractivity contribution in [2.45, 2.75) is 19.9 Å². The topological polar surface area (TPSA) is 41.6 Å². The molecule has 0 aliphatic carbocycles. The largest absolute Gasteiger partial charge is 0.323 e. The third-order valence-electron chi connectivity index (χ3n) is 3.38. The van der Waals surface area contributed by atoms with Crippen molar-refractivity contribution in [2.24, 2.45) is 0 Å². The highest BCUT2D eigenvalue weighted by atomic mass is 35.5. The molecule has 2 heterocycles. The van der Waals surface area contributed by atoms with Crippen molar-refractivity contribution >= 4 is 34.0 Å². The quantitative estimate of drug-likeness (QED) is 0.680. The molecule has 3 aromatic rings. The summed E-state index contributed by atoms with van der Waals surface area (Å²) in [5.74, 6) is 1.51. The molecule has 0 fully saturated rings. The Morgan fingerprint density at radius 3 is 2.86 bits per heavy atom. The summed E-state index contributed by atoms with van der Waals surface area (Å²) in [5, 5.41) is 9.09. The lowest BCUT2D eigenvalue weighted by Gasteiger charge is -2.07. The number of benzene rings is 1. The molecule has 0 unspecified atom stereocenters. The van der Waals surface area contributed by atoms with E-state index in [1.807, 2.05) is 12.1 Å². The van der Waals surface area contributed by atoms with Crippen LogP contribution in [0.2, 0.25) is 0 Å². The number of hydrogen-bond donors (Lipinski definition) is 0. The van der Waals surface area contributed by atoms with Crippen molar-refractivity contribution in [3.63, 3.8) is 0 Å². The number of imidazole rings is 1. The molecule has 0 spiro atoms. The number of fused-ring (bicyclic) bond motifs is 1. The predicted molar refractivity (Wildman–Crippen MR) is 87.0 cm³/mol. The van der Waals surface area contributed by atoms with Crippen LogP contribution in [0.5, 0.6) is 0 Å². The Balaban J connectivity index is 2.12. The molecule has 0 saturated carbocycles. The fourth-order valence-corrected chi connectivity index (χ4v) is 3.47. The van der Waals surface area contributed by atoms with Gasteiger partial charge < -0.3 is 4.57 Å². The first-order chi connectivity index (χ1) is 10.2. The number of nitrogens with zero attached hydrogens (tertiary/aromatic N) is 3. The second kappa shape index (κ2) is 5.88. The zero-order valence-electron chi connectivity index (χ0n) is 11.6. The molecular formula is C16H14ClN3S. The monoisotopic (exact) mass is 315 g/mol. The third-order valence-corrected chi connectivity index (χ3v) is 4.56. The number of nitriles is 1. The van der Waals surface area contributed by atoms with E-state index < -0.39 is 0 Å². The highest BCUT2D eigenvalue weighted by Gasteiger charge is 2.12. The van der Waals surface area contributed by atoms with Crippen LogP contribution in [0.25, 0.3) is 11.0 Å². The number of aromatic nitrogens is 2. The minimum atomic E-state index is 0.540. The summed E-state index contributed by atoms with van der Waals surface area (Å²) in [6, 6.07) is 12.1. The normalized spacial score (nSPS) is 10.9. The van der Waals surface area contributed by atoms with Gasteiger partial charge in [0.2, 0.25) is 0 Å². The van der Waals surface area contributed by atoms with Gasteiger partial charge in [0.05, 0.1) is 29.2 Å². The van der Waals surface area contributed by atoms with Crippen LogP contribution in [0.3, 0.4) is 0 Å². The first-order valence-corrected chi connectivity index (χ1v) is 8.07. The molecule has 0 amide bonds. The van der Waals surface area contributed by atoms with E-state index in [1.54, 1.807) is 17.4 Å². The van der Waals surface area contributed by atoms with Crippen molar-refractivity contribution in [2.75, 3.05) is 5.88 Å². The van der Waals surface area contributed by atoms with Gasteiger partial charge in [0.1, 0.15) is 5.82 Å². The summed E-state index contributed by atoms with van der Waals surface area (Å²) in [5.41, 5.74) is 2.58. The Morgan fingerprint density at radius 2 is 2.19 bits per heavy atom. The van der Waals surface area contributed by atoms with E-state index in [1.165, 1.54) is 9.75 Å². The summed E-state index contributed by atoms with van der Waals surface area (Å²) in [4.78, 5) is 7.23. The minimum absolute atomic E-state index is 0.540. The van der Waals surface area contributed by atoms with Gasteiger partial charge >= 0.3 is 0 Å². The maximum Gasteiger partial charge on any atom is 0.111 e. The lowest BCUT2D eigenvalue weighted by molar-refractivity contribution is 0.763. The number of hydrogen-bond acceptors (Lipinski definition) is 3. The van der Waals surface area contributed by atoms with Crippen LogP contribution < -0.4 is 0 Å². The molecule has 0 atom stereocenters. The Bertz CT molecular complexity index is 826. The average molecular weight is 316 g/mol. The molecule has 0 aliphatic rings. The van der Waals surface area contributed by atoms with Gasteiger partial charge in [-0.1, -0.05) is 0 Å². The van der Waals surface area contributed by atoms with E-state index in [-0.39, 0.29) is 0 Å². The number of aryl methyl sites for hydroxylation is 2. The molecule has 3 rings (SSSR count). The zero-order valence-corrected chi connectivity index (χ0v) is 13.2. The van der Waals surface area contributed by atoms with Gasteiger partial charge in [-0.2, -0.15) is 5.26 Å². The van der Waals surface area contributed by atoms with Gasteiger partial charge in [-0.3, -0.25) is 0 Å². The van der Waals surface area contributed by atoms with E-state index in [4.69, 9.17) is 16.9 Å². The maximum atomic E-state index is 9.09. The van der Waals surface area contributed by atoms with Crippen molar-refractivity contribution in [3.8, 4) is 6.07 Å². The summed E-state index contributed by atoms with van der Waals surface area (Å²) < 4.78 is 2.17. The summed E-state index contributed by atoms with van der Waals surface area (Å²) >= 11 is 7.68. The van der Waals surface area contributed by atoms with E-state index >= 15 is 0 Å². The standard InChI is InChI=1S/C16H14ClN3S/c1-11-2-4-13(21-11)10-20-15-8-12(9-18)3-5-14(15)19-16(20)6-7-17/h2-5,8H,6-7,10H2,1H3. The van der Waals surface area contributed by atoms with Crippen LogP contribution >= 0.6 is 22.9 Å². The molecule has 0 bridgehead atoms. The number of alkyl halides is 1. The number of rotatable bonds is 4. The zero-order chi connectivity index (χ0) is 14.8. The molecule has 1 aromatic carbocycles.